The number of aryl methyl sites for hydroxylation is 1. The SMILES string of the molecule is COC1(CN)CCCc2ccc(F)cc21. The lowest BCUT2D eigenvalue weighted by Crippen LogP contribution is -2.40. The Balaban J connectivity index is 2.53. The molecule has 1 unspecified atom stereocenters. The van der Waals surface area contributed by atoms with Crippen LogP contribution in [0.1, 0.15) is 24.0 Å². The van der Waals surface area contributed by atoms with Crippen molar-refractivity contribution in [3.8, 4) is 0 Å². The third kappa shape index (κ3) is 1.66. The maximum Gasteiger partial charge on any atom is 0.123 e. The molecule has 1 aromatic carbocycles. The summed E-state index contributed by atoms with van der Waals surface area (Å²) in [4.78, 5) is 0. The number of nitrogens with two attached hydrogens (primary N) is 1. The van der Waals surface area contributed by atoms with Gasteiger partial charge in [0.15, 0.2) is 0 Å². The first-order valence-electron chi connectivity index (χ1n) is 5.26. The minimum absolute atomic E-state index is 0.217. The molecular weight excluding hydrogens is 193 g/mol. The number of ether oxygens (including phenoxy) is 1. The smallest absolute Gasteiger partial charge is 0.123 e. The molecule has 0 aromatic heterocycles. The molecule has 0 aliphatic heterocycles. The highest BCUT2D eigenvalue weighted by Gasteiger charge is 2.35. The summed E-state index contributed by atoms with van der Waals surface area (Å²) in [5.74, 6) is -0.217. The molecule has 0 heterocycles. The summed E-state index contributed by atoms with van der Waals surface area (Å²) < 4.78 is 18.7. The van der Waals surface area contributed by atoms with Gasteiger partial charge in [-0.2, -0.15) is 0 Å². The fourth-order valence-corrected chi connectivity index (χ4v) is 2.40. The molecule has 1 aliphatic rings. The molecule has 15 heavy (non-hydrogen) atoms. The van der Waals surface area contributed by atoms with Gasteiger partial charge < -0.3 is 10.5 Å². The maximum absolute atomic E-state index is 13.2. The minimum atomic E-state index is -0.477. The molecule has 82 valence electrons. The van der Waals surface area contributed by atoms with Gasteiger partial charge >= 0.3 is 0 Å². The Kier molecular flexibility index (Phi) is 2.76. The van der Waals surface area contributed by atoms with Crippen LogP contribution in [0.3, 0.4) is 0 Å². The molecule has 2 nitrogen and oxygen atoms in total. The standard InChI is InChI=1S/C12H16FNO/c1-15-12(8-14)6-2-3-9-4-5-10(13)7-11(9)12/h4-5,7H,2-3,6,8,14H2,1H3. The number of hydrogen-bond donors (Lipinski definition) is 1. The van der Waals surface area contributed by atoms with Gasteiger partial charge in [-0.25, -0.2) is 4.39 Å². The van der Waals surface area contributed by atoms with Crippen molar-refractivity contribution in [3.05, 3.63) is 35.1 Å². The topological polar surface area (TPSA) is 35.2 Å². The van der Waals surface area contributed by atoms with E-state index in [1.807, 2.05) is 6.07 Å². The summed E-state index contributed by atoms with van der Waals surface area (Å²) in [5.41, 5.74) is 7.38. The number of methoxy groups -OCH3 is 1. The van der Waals surface area contributed by atoms with Gasteiger partial charge in [0, 0.05) is 13.7 Å². The molecule has 0 saturated heterocycles. The second-order valence-electron chi connectivity index (χ2n) is 4.06. The van der Waals surface area contributed by atoms with Gasteiger partial charge in [0.2, 0.25) is 0 Å². The van der Waals surface area contributed by atoms with Crippen LogP contribution in [-0.2, 0) is 16.8 Å². The second-order valence-corrected chi connectivity index (χ2v) is 4.06. The summed E-state index contributed by atoms with van der Waals surface area (Å²) in [7, 11) is 1.65. The third-order valence-corrected chi connectivity index (χ3v) is 3.31. The van der Waals surface area contributed by atoms with Crippen molar-refractivity contribution in [2.45, 2.75) is 24.9 Å². The number of rotatable bonds is 2. The van der Waals surface area contributed by atoms with Gasteiger partial charge in [-0.3, -0.25) is 0 Å². The van der Waals surface area contributed by atoms with Gasteiger partial charge in [0.05, 0.1) is 0 Å². The van der Waals surface area contributed by atoms with Crippen molar-refractivity contribution in [1.29, 1.82) is 0 Å². The van der Waals surface area contributed by atoms with Crippen molar-refractivity contribution in [2.24, 2.45) is 5.73 Å². The molecular formula is C12H16FNO. The van der Waals surface area contributed by atoms with Crippen molar-refractivity contribution in [1.82, 2.24) is 0 Å². The average Bonchev–Trinajstić information content (AvgIpc) is 2.28. The summed E-state index contributed by atoms with van der Waals surface area (Å²) in [6, 6.07) is 4.90. The number of fused-ring (bicyclic) bond motifs is 1. The van der Waals surface area contributed by atoms with E-state index in [1.165, 1.54) is 6.07 Å². The Morgan fingerprint density at radius 3 is 3.00 bits per heavy atom. The third-order valence-electron chi connectivity index (χ3n) is 3.31. The zero-order valence-electron chi connectivity index (χ0n) is 8.92. The molecule has 2 N–H and O–H groups in total. The normalized spacial score (nSPS) is 25.0. The molecule has 1 aliphatic carbocycles. The first kappa shape index (κ1) is 10.6. The first-order chi connectivity index (χ1) is 7.22. The van der Waals surface area contributed by atoms with Gasteiger partial charge in [-0.05, 0) is 42.5 Å². The van der Waals surface area contributed by atoms with Crippen molar-refractivity contribution < 1.29 is 9.13 Å². The van der Waals surface area contributed by atoms with Gasteiger partial charge in [-0.1, -0.05) is 6.07 Å². The molecule has 0 fully saturated rings. The van der Waals surface area contributed by atoms with E-state index in [4.69, 9.17) is 10.5 Å². The highest BCUT2D eigenvalue weighted by molar-refractivity contribution is 5.35. The Bertz CT molecular complexity index is 361. The van der Waals surface area contributed by atoms with Crippen LogP contribution >= 0.6 is 0 Å². The van der Waals surface area contributed by atoms with Crippen molar-refractivity contribution in [3.63, 3.8) is 0 Å². The maximum atomic E-state index is 13.2. The van der Waals surface area contributed by atoms with E-state index in [0.717, 1.165) is 30.4 Å². The first-order valence-corrected chi connectivity index (χ1v) is 5.26. The quantitative estimate of drug-likeness (QED) is 0.808. The molecule has 0 radical (unpaired) electrons. The number of halogens is 1. The summed E-state index contributed by atoms with van der Waals surface area (Å²) in [6.45, 7) is 0.403. The van der Waals surface area contributed by atoms with E-state index < -0.39 is 5.60 Å². The Hall–Kier alpha value is -0.930. The van der Waals surface area contributed by atoms with Crippen LogP contribution in [0.4, 0.5) is 4.39 Å². The van der Waals surface area contributed by atoms with E-state index in [2.05, 4.69) is 0 Å². The van der Waals surface area contributed by atoms with E-state index in [-0.39, 0.29) is 5.82 Å². The zero-order valence-corrected chi connectivity index (χ0v) is 8.92. The van der Waals surface area contributed by atoms with Crippen LogP contribution in [-0.4, -0.2) is 13.7 Å². The van der Waals surface area contributed by atoms with E-state index in [9.17, 15) is 4.39 Å². The lowest BCUT2D eigenvalue weighted by Gasteiger charge is -2.37. The van der Waals surface area contributed by atoms with Crippen LogP contribution in [0.5, 0.6) is 0 Å². The van der Waals surface area contributed by atoms with E-state index in [0.29, 0.717) is 6.54 Å². The summed E-state index contributed by atoms with van der Waals surface area (Å²) >= 11 is 0. The zero-order chi connectivity index (χ0) is 10.9. The highest BCUT2D eigenvalue weighted by atomic mass is 19.1. The Labute approximate surface area is 89.2 Å². The molecule has 2 rings (SSSR count). The fourth-order valence-electron chi connectivity index (χ4n) is 2.40. The molecule has 1 atom stereocenters. The Morgan fingerprint density at radius 2 is 2.33 bits per heavy atom. The molecule has 1 aromatic rings. The van der Waals surface area contributed by atoms with Gasteiger partial charge in [-0.15, -0.1) is 0 Å². The number of benzene rings is 1. The predicted molar refractivity (Wildman–Crippen MR) is 57.1 cm³/mol. The monoisotopic (exact) mass is 209 g/mol. The largest absolute Gasteiger partial charge is 0.372 e. The molecule has 0 bridgehead atoms. The highest BCUT2D eigenvalue weighted by Crippen LogP contribution is 2.37. The van der Waals surface area contributed by atoms with Crippen molar-refractivity contribution >= 4 is 0 Å². The lowest BCUT2D eigenvalue weighted by molar-refractivity contribution is -0.0214. The molecule has 0 saturated carbocycles. The predicted octanol–water partition coefficient (Wildman–Crippen LogP) is 1.96. The molecule has 3 heteroatoms. The van der Waals surface area contributed by atoms with Crippen molar-refractivity contribution in [2.75, 3.05) is 13.7 Å². The average molecular weight is 209 g/mol. The van der Waals surface area contributed by atoms with Crippen LogP contribution in [0.2, 0.25) is 0 Å². The van der Waals surface area contributed by atoms with Crippen LogP contribution < -0.4 is 5.73 Å². The van der Waals surface area contributed by atoms with E-state index >= 15 is 0 Å². The molecule has 0 amide bonds. The van der Waals surface area contributed by atoms with Crippen LogP contribution in [0.25, 0.3) is 0 Å². The van der Waals surface area contributed by atoms with Gasteiger partial charge in [0.1, 0.15) is 11.4 Å². The van der Waals surface area contributed by atoms with E-state index in [1.54, 1.807) is 13.2 Å². The second kappa shape index (κ2) is 3.91. The van der Waals surface area contributed by atoms with Gasteiger partial charge in [0.25, 0.3) is 0 Å². The number of hydrogen-bond acceptors (Lipinski definition) is 2. The fraction of sp³-hybridized carbons (Fsp3) is 0.500. The van der Waals surface area contributed by atoms with Crippen LogP contribution in [0, 0.1) is 5.82 Å². The molecule has 0 spiro atoms. The minimum Gasteiger partial charge on any atom is -0.372 e. The lowest BCUT2D eigenvalue weighted by atomic mass is 9.79. The Morgan fingerprint density at radius 1 is 1.53 bits per heavy atom. The summed E-state index contributed by atoms with van der Waals surface area (Å²) in [5, 5.41) is 0. The summed E-state index contributed by atoms with van der Waals surface area (Å²) in [6.07, 6.45) is 2.90. The van der Waals surface area contributed by atoms with Crippen LogP contribution in [0.15, 0.2) is 18.2 Å².